The average Bonchev–Trinajstić information content (AvgIpc) is 2.90. The second-order valence-electron chi connectivity index (χ2n) is 5.13. The summed E-state index contributed by atoms with van der Waals surface area (Å²) in [6, 6.07) is 6.06. The third-order valence-electron chi connectivity index (χ3n) is 3.65. The molecule has 4 heteroatoms. The fraction of sp³-hybridized carbons (Fsp3) is 0.571. The lowest BCUT2D eigenvalue weighted by Gasteiger charge is -2.34. The number of carbonyl (C=O) groups is 1. The van der Waals surface area contributed by atoms with Crippen LogP contribution in [0, 0.1) is 16.7 Å². The smallest absolute Gasteiger partial charge is 0.223 e. The molecule has 1 aromatic heterocycles. The van der Waals surface area contributed by atoms with Gasteiger partial charge in [-0.2, -0.15) is 5.26 Å². The van der Waals surface area contributed by atoms with Crippen LogP contribution in [0.2, 0.25) is 0 Å². The maximum absolute atomic E-state index is 12.0. The molecule has 2 heterocycles. The summed E-state index contributed by atoms with van der Waals surface area (Å²) in [6.45, 7) is 3.36. The highest BCUT2D eigenvalue weighted by atomic mass is 16.3. The van der Waals surface area contributed by atoms with Crippen LogP contribution in [-0.2, 0) is 11.2 Å². The summed E-state index contributed by atoms with van der Waals surface area (Å²) in [7, 11) is 0. The number of carbonyl (C=O) groups excluding carboxylic acids is 1. The van der Waals surface area contributed by atoms with E-state index < -0.39 is 0 Å². The van der Waals surface area contributed by atoms with Crippen LogP contribution in [-0.4, -0.2) is 23.9 Å². The van der Waals surface area contributed by atoms with Crippen LogP contribution in [0.3, 0.4) is 0 Å². The van der Waals surface area contributed by atoms with E-state index in [9.17, 15) is 4.79 Å². The van der Waals surface area contributed by atoms with Crippen LogP contribution in [0.15, 0.2) is 22.8 Å². The Morgan fingerprint density at radius 1 is 1.56 bits per heavy atom. The van der Waals surface area contributed by atoms with Crippen molar-refractivity contribution in [2.45, 2.75) is 32.6 Å². The molecule has 0 unspecified atom stereocenters. The summed E-state index contributed by atoms with van der Waals surface area (Å²) in [4.78, 5) is 13.9. The van der Waals surface area contributed by atoms with Gasteiger partial charge in [0.1, 0.15) is 5.76 Å². The summed E-state index contributed by atoms with van der Waals surface area (Å²) in [5.74, 6) is 1.01. The standard InChI is InChI=1S/C14H18N2O2/c1-14(11-15)6-8-16(9-7-14)13(17)5-4-12-3-2-10-18-12/h2-3,10H,4-9H2,1H3. The second kappa shape index (κ2) is 5.26. The largest absolute Gasteiger partial charge is 0.469 e. The molecule has 1 fully saturated rings. The number of hydrogen-bond acceptors (Lipinski definition) is 3. The van der Waals surface area contributed by atoms with Crippen LogP contribution in [0.5, 0.6) is 0 Å². The molecule has 4 nitrogen and oxygen atoms in total. The fourth-order valence-corrected chi connectivity index (χ4v) is 2.20. The Hall–Kier alpha value is -1.76. The molecule has 1 aliphatic rings. The van der Waals surface area contributed by atoms with Crippen molar-refractivity contribution in [1.29, 1.82) is 5.26 Å². The van der Waals surface area contributed by atoms with Crippen molar-refractivity contribution in [3.8, 4) is 6.07 Å². The fourth-order valence-electron chi connectivity index (χ4n) is 2.20. The topological polar surface area (TPSA) is 57.2 Å². The first-order valence-corrected chi connectivity index (χ1v) is 6.34. The molecule has 0 radical (unpaired) electrons. The quantitative estimate of drug-likeness (QED) is 0.822. The molecule has 0 spiro atoms. The van der Waals surface area contributed by atoms with Crippen LogP contribution < -0.4 is 0 Å². The molecule has 96 valence electrons. The molecule has 0 saturated carbocycles. The van der Waals surface area contributed by atoms with E-state index in [1.807, 2.05) is 24.0 Å². The molecule has 0 atom stereocenters. The van der Waals surface area contributed by atoms with Gasteiger partial charge >= 0.3 is 0 Å². The van der Waals surface area contributed by atoms with E-state index in [2.05, 4.69) is 6.07 Å². The highest BCUT2D eigenvalue weighted by molar-refractivity contribution is 5.76. The third-order valence-corrected chi connectivity index (χ3v) is 3.65. The molecule has 0 aromatic carbocycles. The number of nitrogens with zero attached hydrogens (tertiary/aromatic N) is 2. The number of amides is 1. The van der Waals surface area contributed by atoms with Crippen LogP contribution in [0.1, 0.15) is 31.9 Å². The van der Waals surface area contributed by atoms with E-state index in [0.717, 1.165) is 18.6 Å². The van der Waals surface area contributed by atoms with Crippen molar-refractivity contribution in [3.63, 3.8) is 0 Å². The zero-order chi connectivity index (χ0) is 13.0. The Bertz CT molecular complexity index is 437. The minimum absolute atomic E-state index is 0.159. The number of likely N-dealkylation sites (tertiary alicyclic amines) is 1. The Balaban J connectivity index is 1.79. The predicted octanol–water partition coefficient (Wildman–Crippen LogP) is 2.36. The maximum Gasteiger partial charge on any atom is 0.223 e. The molecular weight excluding hydrogens is 228 g/mol. The minimum Gasteiger partial charge on any atom is -0.469 e. The summed E-state index contributed by atoms with van der Waals surface area (Å²) < 4.78 is 5.21. The molecule has 1 saturated heterocycles. The van der Waals surface area contributed by atoms with Crippen LogP contribution >= 0.6 is 0 Å². The van der Waals surface area contributed by atoms with Crippen molar-refractivity contribution in [3.05, 3.63) is 24.2 Å². The molecule has 0 aliphatic carbocycles. The van der Waals surface area contributed by atoms with Gasteiger partial charge in [0.05, 0.1) is 17.7 Å². The van der Waals surface area contributed by atoms with Gasteiger partial charge in [-0.3, -0.25) is 4.79 Å². The SMILES string of the molecule is CC1(C#N)CCN(C(=O)CCc2ccco2)CC1. The van der Waals surface area contributed by atoms with Gasteiger partial charge < -0.3 is 9.32 Å². The van der Waals surface area contributed by atoms with Gasteiger partial charge in [-0.25, -0.2) is 0 Å². The normalized spacial score (nSPS) is 18.3. The van der Waals surface area contributed by atoms with Gasteiger partial charge in [-0.1, -0.05) is 0 Å². The number of furan rings is 1. The zero-order valence-corrected chi connectivity index (χ0v) is 10.7. The van der Waals surface area contributed by atoms with E-state index in [0.29, 0.717) is 25.9 Å². The van der Waals surface area contributed by atoms with Gasteiger partial charge in [-0.05, 0) is 31.9 Å². The lowest BCUT2D eigenvalue weighted by molar-refractivity contribution is -0.132. The Labute approximate surface area is 107 Å². The van der Waals surface area contributed by atoms with Crippen molar-refractivity contribution in [1.82, 2.24) is 4.90 Å². The number of hydrogen-bond donors (Lipinski definition) is 0. The molecule has 1 amide bonds. The summed E-state index contributed by atoms with van der Waals surface area (Å²) >= 11 is 0. The van der Waals surface area contributed by atoms with Crippen LogP contribution in [0.4, 0.5) is 0 Å². The number of aryl methyl sites for hydroxylation is 1. The van der Waals surface area contributed by atoms with Crippen molar-refractivity contribution >= 4 is 5.91 Å². The maximum atomic E-state index is 12.0. The second-order valence-corrected chi connectivity index (χ2v) is 5.13. The molecular formula is C14H18N2O2. The minimum atomic E-state index is -0.252. The molecule has 2 rings (SSSR count). The number of nitriles is 1. The monoisotopic (exact) mass is 246 g/mol. The van der Waals surface area contributed by atoms with E-state index in [4.69, 9.17) is 9.68 Å². The average molecular weight is 246 g/mol. The first-order chi connectivity index (χ1) is 8.63. The molecule has 18 heavy (non-hydrogen) atoms. The van der Waals surface area contributed by atoms with Crippen molar-refractivity contribution in [2.24, 2.45) is 5.41 Å². The first-order valence-electron chi connectivity index (χ1n) is 6.34. The summed E-state index contributed by atoms with van der Waals surface area (Å²) in [6.07, 6.45) is 4.31. The van der Waals surface area contributed by atoms with Gasteiger partial charge in [0.2, 0.25) is 5.91 Å². The van der Waals surface area contributed by atoms with Gasteiger partial charge in [-0.15, -0.1) is 0 Å². The highest BCUT2D eigenvalue weighted by Crippen LogP contribution is 2.29. The lowest BCUT2D eigenvalue weighted by Crippen LogP contribution is -2.41. The highest BCUT2D eigenvalue weighted by Gasteiger charge is 2.31. The van der Waals surface area contributed by atoms with E-state index in [-0.39, 0.29) is 11.3 Å². The summed E-state index contributed by atoms with van der Waals surface area (Å²) in [5, 5.41) is 9.04. The third kappa shape index (κ3) is 2.92. The van der Waals surface area contributed by atoms with Gasteiger partial charge in [0.25, 0.3) is 0 Å². The molecule has 1 aromatic rings. The van der Waals surface area contributed by atoms with Crippen molar-refractivity contribution < 1.29 is 9.21 Å². The Kier molecular flexibility index (Phi) is 3.71. The first kappa shape index (κ1) is 12.7. The number of rotatable bonds is 3. The number of piperidine rings is 1. The van der Waals surface area contributed by atoms with E-state index >= 15 is 0 Å². The van der Waals surface area contributed by atoms with Gasteiger partial charge in [0, 0.05) is 25.9 Å². The Morgan fingerprint density at radius 3 is 2.83 bits per heavy atom. The van der Waals surface area contributed by atoms with Crippen molar-refractivity contribution in [2.75, 3.05) is 13.1 Å². The molecule has 1 aliphatic heterocycles. The van der Waals surface area contributed by atoms with Gasteiger partial charge in [0.15, 0.2) is 0 Å². The lowest BCUT2D eigenvalue weighted by atomic mass is 9.82. The zero-order valence-electron chi connectivity index (χ0n) is 10.7. The predicted molar refractivity (Wildman–Crippen MR) is 66.6 cm³/mol. The summed E-state index contributed by atoms with van der Waals surface area (Å²) in [5.41, 5.74) is -0.252. The molecule has 0 bridgehead atoms. The Morgan fingerprint density at radius 2 is 2.28 bits per heavy atom. The molecule has 0 N–H and O–H groups in total. The van der Waals surface area contributed by atoms with E-state index in [1.54, 1.807) is 6.26 Å². The van der Waals surface area contributed by atoms with E-state index in [1.165, 1.54) is 0 Å². The van der Waals surface area contributed by atoms with Crippen LogP contribution in [0.25, 0.3) is 0 Å².